The number of aliphatic imine (C=N–C) groups is 2. The van der Waals surface area contributed by atoms with Crippen LogP contribution in [0, 0.1) is 11.6 Å². The maximum atomic E-state index is 12.7. The van der Waals surface area contributed by atoms with E-state index in [-0.39, 0.29) is 23.7 Å². The highest BCUT2D eigenvalue weighted by Crippen LogP contribution is 2.30. The van der Waals surface area contributed by atoms with Crippen LogP contribution in [0.2, 0.25) is 0 Å². The summed E-state index contributed by atoms with van der Waals surface area (Å²) in [6.45, 7) is 4.62. The topological polar surface area (TPSA) is 95.2 Å². The van der Waals surface area contributed by atoms with Crippen LogP contribution in [0.25, 0.3) is 0 Å². The van der Waals surface area contributed by atoms with E-state index in [1.165, 1.54) is 24.3 Å². The Hall–Kier alpha value is -3.16. The Kier molecular flexibility index (Phi) is 5.22. The number of nitrogens with zero attached hydrogens (tertiary/aromatic N) is 2. The minimum Gasteiger partial charge on any atom is -0.462 e. The fourth-order valence-electron chi connectivity index (χ4n) is 2.96. The second kappa shape index (κ2) is 7.46. The second-order valence-electron chi connectivity index (χ2n) is 7.04. The van der Waals surface area contributed by atoms with E-state index in [1.807, 2.05) is 13.8 Å². The zero-order valence-electron chi connectivity index (χ0n) is 15.7. The number of nitrogens with two attached hydrogens (primary N) is 2. The summed E-state index contributed by atoms with van der Waals surface area (Å²) in [5.74, 6) is -0.513. The van der Waals surface area contributed by atoms with Gasteiger partial charge in [-0.3, -0.25) is 0 Å². The summed E-state index contributed by atoms with van der Waals surface area (Å²) < 4.78 is 35.5. The molecule has 2 atom stereocenters. The van der Waals surface area contributed by atoms with Gasteiger partial charge in [-0.2, -0.15) is 0 Å². The van der Waals surface area contributed by atoms with E-state index in [0.29, 0.717) is 13.2 Å². The quantitative estimate of drug-likeness (QED) is 0.827. The van der Waals surface area contributed by atoms with Gasteiger partial charge in [-0.05, 0) is 49.2 Å². The van der Waals surface area contributed by atoms with Crippen LogP contribution in [0.3, 0.4) is 0 Å². The van der Waals surface area contributed by atoms with E-state index in [1.54, 1.807) is 24.3 Å². The molecule has 0 aromatic heterocycles. The van der Waals surface area contributed by atoms with Gasteiger partial charge in [0, 0.05) is 0 Å². The summed E-state index contributed by atoms with van der Waals surface area (Å²) in [7, 11) is 0. The fourth-order valence-corrected chi connectivity index (χ4v) is 2.96. The molecule has 4 N–H and O–H groups in total. The average Bonchev–Trinajstić information content (AvgIpc) is 3.19. The molecule has 4 rings (SSSR count). The predicted molar refractivity (Wildman–Crippen MR) is 103 cm³/mol. The van der Waals surface area contributed by atoms with Crippen LogP contribution in [0.4, 0.5) is 8.78 Å². The molecule has 2 aliphatic rings. The van der Waals surface area contributed by atoms with Crippen molar-refractivity contribution in [3.05, 3.63) is 71.3 Å². The van der Waals surface area contributed by atoms with E-state index in [4.69, 9.17) is 20.9 Å². The van der Waals surface area contributed by atoms with Gasteiger partial charge in [0.25, 0.3) is 12.0 Å². The SMILES string of the molecule is CC1(c2ccc(F)cc2)COC(N)=N1.C[C@]1(c2ccc(F)cc2)COC(N)=N1. The first kappa shape index (κ1) is 19.6. The molecule has 6 nitrogen and oxygen atoms in total. The van der Waals surface area contributed by atoms with Gasteiger partial charge in [-0.25, -0.2) is 18.8 Å². The Morgan fingerprint density at radius 1 is 0.714 bits per heavy atom. The third-order valence-corrected chi connectivity index (χ3v) is 4.65. The molecular weight excluding hydrogens is 366 g/mol. The van der Waals surface area contributed by atoms with Crippen molar-refractivity contribution in [3.8, 4) is 0 Å². The van der Waals surface area contributed by atoms with Gasteiger partial charge in [0.1, 0.15) is 35.9 Å². The Bertz CT molecular complexity index is 824. The van der Waals surface area contributed by atoms with Crippen LogP contribution >= 0.6 is 0 Å². The highest BCUT2D eigenvalue weighted by Gasteiger charge is 2.33. The summed E-state index contributed by atoms with van der Waals surface area (Å²) in [6, 6.07) is 12.8. The van der Waals surface area contributed by atoms with Crippen molar-refractivity contribution in [1.29, 1.82) is 0 Å². The third kappa shape index (κ3) is 4.21. The molecule has 0 saturated heterocycles. The van der Waals surface area contributed by atoms with Gasteiger partial charge < -0.3 is 20.9 Å². The lowest BCUT2D eigenvalue weighted by molar-refractivity contribution is 0.266. The smallest absolute Gasteiger partial charge is 0.283 e. The van der Waals surface area contributed by atoms with Crippen molar-refractivity contribution >= 4 is 12.0 Å². The number of rotatable bonds is 2. The minimum atomic E-state index is -0.474. The number of hydrogen-bond donors (Lipinski definition) is 2. The standard InChI is InChI=1S/2C10H11FN2O/c2*1-10(6-14-9(12)13-10)7-2-4-8(11)5-3-7/h2*2-5H,6H2,1H3,(H2,12,13)/t10-;/m1./s1. The van der Waals surface area contributed by atoms with E-state index < -0.39 is 11.1 Å². The maximum absolute atomic E-state index is 12.7. The third-order valence-electron chi connectivity index (χ3n) is 4.65. The van der Waals surface area contributed by atoms with Crippen LogP contribution in [0.15, 0.2) is 58.5 Å². The molecule has 0 bridgehead atoms. The molecular formula is C20H22F2N4O2. The van der Waals surface area contributed by atoms with Crippen molar-refractivity contribution in [2.75, 3.05) is 13.2 Å². The van der Waals surface area contributed by atoms with Crippen LogP contribution in [-0.4, -0.2) is 25.3 Å². The van der Waals surface area contributed by atoms with Crippen molar-refractivity contribution in [3.63, 3.8) is 0 Å². The number of benzene rings is 2. The zero-order valence-corrected chi connectivity index (χ0v) is 15.7. The molecule has 0 saturated carbocycles. The molecule has 0 amide bonds. The Labute approximate surface area is 161 Å². The van der Waals surface area contributed by atoms with Crippen LogP contribution < -0.4 is 11.5 Å². The molecule has 0 fully saturated rings. The number of ether oxygens (including phenoxy) is 2. The first-order chi connectivity index (χ1) is 13.2. The first-order valence-electron chi connectivity index (χ1n) is 8.69. The van der Waals surface area contributed by atoms with E-state index in [9.17, 15) is 8.78 Å². The lowest BCUT2D eigenvalue weighted by Crippen LogP contribution is -2.20. The summed E-state index contributed by atoms with van der Waals surface area (Å²) in [4.78, 5) is 8.34. The lowest BCUT2D eigenvalue weighted by Gasteiger charge is -2.18. The second-order valence-corrected chi connectivity index (χ2v) is 7.04. The molecule has 2 heterocycles. The molecule has 8 heteroatoms. The number of amidine groups is 2. The minimum absolute atomic E-state index is 0.192. The van der Waals surface area contributed by atoms with Crippen LogP contribution in [-0.2, 0) is 20.6 Å². The van der Waals surface area contributed by atoms with E-state index in [2.05, 4.69) is 9.98 Å². The number of hydrogen-bond acceptors (Lipinski definition) is 6. The highest BCUT2D eigenvalue weighted by molar-refractivity contribution is 5.74. The van der Waals surface area contributed by atoms with E-state index >= 15 is 0 Å². The molecule has 2 aromatic carbocycles. The highest BCUT2D eigenvalue weighted by atomic mass is 19.1. The first-order valence-corrected chi connectivity index (χ1v) is 8.69. The average molecular weight is 388 g/mol. The Morgan fingerprint density at radius 3 is 1.29 bits per heavy atom. The van der Waals surface area contributed by atoms with Gasteiger partial charge in [-0.15, -0.1) is 0 Å². The molecule has 1 unspecified atom stereocenters. The normalized spacial score (nSPS) is 25.7. The maximum Gasteiger partial charge on any atom is 0.283 e. The van der Waals surface area contributed by atoms with Crippen LogP contribution in [0.5, 0.6) is 0 Å². The lowest BCUT2D eigenvalue weighted by atomic mass is 9.94. The van der Waals surface area contributed by atoms with Crippen molar-refractivity contribution in [2.45, 2.75) is 24.9 Å². The van der Waals surface area contributed by atoms with Crippen molar-refractivity contribution < 1.29 is 18.3 Å². The fraction of sp³-hybridized carbons (Fsp3) is 0.300. The van der Waals surface area contributed by atoms with Gasteiger partial charge >= 0.3 is 0 Å². The van der Waals surface area contributed by atoms with Gasteiger partial charge in [0.2, 0.25) is 0 Å². The summed E-state index contributed by atoms with van der Waals surface area (Å²) in [6.07, 6.45) is 0. The molecule has 0 spiro atoms. The molecule has 28 heavy (non-hydrogen) atoms. The Morgan fingerprint density at radius 2 is 1.04 bits per heavy atom. The summed E-state index contributed by atoms with van der Waals surface area (Å²) in [5, 5.41) is 0. The molecule has 0 aliphatic carbocycles. The van der Waals surface area contributed by atoms with Crippen LogP contribution in [0.1, 0.15) is 25.0 Å². The molecule has 148 valence electrons. The largest absolute Gasteiger partial charge is 0.462 e. The van der Waals surface area contributed by atoms with Gasteiger partial charge in [-0.1, -0.05) is 24.3 Å². The van der Waals surface area contributed by atoms with Gasteiger partial charge in [0.05, 0.1) is 0 Å². The number of halogens is 2. The zero-order chi connectivity index (χ0) is 20.4. The monoisotopic (exact) mass is 388 g/mol. The van der Waals surface area contributed by atoms with Gasteiger partial charge in [0.15, 0.2) is 0 Å². The van der Waals surface area contributed by atoms with Crippen molar-refractivity contribution in [1.82, 2.24) is 0 Å². The summed E-state index contributed by atoms with van der Waals surface area (Å²) >= 11 is 0. The molecule has 2 aliphatic heterocycles. The van der Waals surface area contributed by atoms with Crippen molar-refractivity contribution in [2.24, 2.45) is 21.5 Å². The molecule has 2 aromatic rings. The van der Waals surface area contributed by atoms with E-state index in [0.717, 1.165) is 11.1 Å². The predicted octanol–water partition coefficient (Wildman–Crippen LogP) is 2.77. The molecule has 0 radical (unpaired) electrons. The summed E-state index contributed by atoms with van der Waals surface area (Å²) in [5.41, 5.74) is 11.7. The Balaban J connectivity index is 0.000000161.